The fourth-order valence-electron chi connectivity index (χ4n) is 1.74. The molecule has 1 atom stereocenters. The maximum absolute atomic E-state index is 10.7. The van der Waals surface area contributed by atoms with Crippen LogP contribution in [0, 0.1) is 11.3 Å². The Morgan fingerprint density at radius 2 is 1.80 bits per heavy atom. The number of hydrogen-bond donors (Lipinski definition) is 1. The van der Waals surface area contributed by atoms with Crippen LogP contribution in [0.25, 0.3) is 0 Å². The first kappa shape index (κ1) is 10.9. The number of carboxylic acids is 1. The smallest absolute Gasteiger partial charge is 0.306 e. The summed E-state index contributed by atoms with van der Waals surface area (Å²) in [4.78, 5) is 10.7. The van der Waals surface area contributed by atoms with Gasteiger partial charge in [0.25, 0.3) is 5.97 Å². The van der Waals surface area contributed by atoms with Crippen molar-refractivity contribution in [2.45, 2.75) is 26.2 Å². The Morgan fingerprint density at radius 3 is 2.20 bits per heavy atom. The molecule has 3 aliphatic rings. The minimum absolute atomic E-state index is 0.0752. The van der Waals surface area contributed by atoms with E-state index >= 15 is 0 Å². The number of hydrogen-bond acceptors (Lipinski definition) is 4. The molecule has 0 radical (unpaired) electrons. The van der Waals surface area contributed by atoms with Crippen molar-refractivity contribution >= 4 is 5.97 Å². The highest BCUT2D eigenvalue weighted by Crippen LogP contribution is 2.40. The van der Waals surface area contributed by atoms with Crippen LogP contribution in [-0.2, 0) is 19.0 Å². The van der Waals surface area contributed by atoms with Crippen LogP contribution in [0.5, 0.6) is 0 Å². The lowest BCUT2D eigenvalue weighted by molar-refractivity contribution is -0.469. The van der Waals surface area contributed by atoms with Gasteiger partial charge in [-0.1, -0.05) is 13.8 Å². The zero-order valence-electron chi connectivity index (χ0n) is 8.99. The van der Waals surface area contributed by atoms with Gasteiger partial charge in [0.15, 0.2) is 0 Å². The Hall–Kier alpha value is -0.650. The molecule has 5 nitrogen and oxygen atoms in total. The first-order chi connectivity index (χ1) is 6.95. The largest absolute Gasteiger partial charge is 0.481 e. The van der Waals surface area contributed by atoms with Gasteiger partial charge in [0.1, 0.15) is 0 Å². The van der Waals surface area contributed by atoms with E-state index in [1.165, 1.54) is 0 Å². The topological polar surface area (TPSA) is 65.0 Å². The molecular formula is C10H16O5. The predicted octanol–water partition coefficient (Wildman–Crippen LogP) is 0.834. The molecule has 0 aliphatic carbocycles. The second-order valence-electron chi connectivity index (χ2n) is 4.80. The van der Waals surface area contributed by atoms with E-state index in [2.05, 4.69) is 0 Å². The number of carbonyl (C=O) groups is 1. The molecule has 0 amide bonds. The lowest BCUT2D eigenvalue weighted by Gasteiger charge is -2.50. The zero-order chi connectivity index (χ0) is 11.1. The molecule has 0 spiro atoms. The first-order valence-corrected chi connectivity index (χ1v) is 5.09. The van der Waals surface area contributed by atoms with Crippen LogP contribution < -0.4 is 0 Å². The van der Waals surface area contributed by atoms with Gasteiger partial charge in [0.05, 0.1) is 25.7 Å². The summed E-state index contributed by atoms with van der Waals surface area (Å²) in [5.41, 5.74) is -0.0752. The van der Waals surface area contributed by atoms with Gasteiger partial charge in [-0.15, -0.1) is 0 Å². The third-order valence-corrected chi connectivity index (χ3v) is 2.90. The summed E-state index contributed by atoms with van der Waals surface area (Å²) in [6.07, 6.45) is 0.235. The van der Waals surface area contributed by atoms with Crippen LogP contribution in [0.4, 0.5) is 0 Å². The number of rotatable bonds is 3. The van der Waals surface area contributed by atoms with Gasteiger partial charge in [0.2, 0.25) is 0 Å². The van der Waals surface area contributed by atoms with Crippen LogP contribution in [0.2, 0.25) is 0 Å². The van der Waals surface area contributed by atoms with E-state index in [0.717, 1.165) is 0 Å². The van der Waals surface area contributed by atoms with Crippen molar-refractivity contribution in [1.29, 1.82) is 0 Å². The van der Waals surface area contributed by atoms with E-state index < -0.39 is 17.9 Å². The molecule has 3 saturated heterocycles. The standard InChI is InChI=1S/C10H16O5/c1-7(8(11)12)3-10-13-4-9(2,5-14-10)6-15-10/h7H,3-6H2,1-2H3,(H,11,12). The van der Waals surface area contributed by atoms with Crippen LogP contribution in [-0.4, -0.2) is 36.9 Å². The molecule has 0 saturated carbocycles. The molecule has 0 aromatic heterocycles. The summed E-state index contributed by atoms with van der Waals surface area (Å²) >= 11 is 0. The van der Waals surface area contributed by atoms with Crippen LogP contribution in [0.15, 0.2) is 0 Å². The SMILES string of the molecule is CC(CC12OCC(C)(CO1)CO2)C(=O)O. The minimum Gasteiger partial charge on any atom is -0.481 e. The average Bonchev–Trinajstić information content (AvgIpc) is 2.20. The van der Waals surface area contributed by atoms with Crippen molar-refractivity contribution in [3.63, 3.8) is 0 Å². The maximum atomic E-state index is 10.7. The second kappa shape index (κ2) is 3.43. The Labute approximate surface area is 88.3 Å². The second-order valence-corrected chi connectivity index (χ2v) is 4.80. The predicted molar refractivity (Wildman–Crippen MR) is 50.1 cm³/mol. The van der Waals surface area contributed by atoms with Crippen molar-refractivity contribution in [2.75, 3.05) is 19.8 Å². The molecule has 86 valence electrons. The Morgan fingerprint density at radius 1 is 1.33 bits per heavy atom. The number of carboxylic acid groups (broad SMARTS) is 1. The summed E-state index contributed by atoms with van der Waals surface area (Å²) in [7, 11) is 0. The molecule has 1 N–H and O–H groups in total. The van der Waals surface area contributed by atoms with Gasteiger partial charge in [-0.2, -0.15) is 0 Å². The van der Waals surface area contributed by atoms with E-state index in [0.29, 0.717) is 19.8 Å². The van der Waals surface area contributed by atoms with Crippen LogP contribution in [0.3, 0.4) is 0 Å². The average molecular weight is 216 g/mol. The van der Waals surface area contributed by atoms with Gasteiger partial charge >= 0.3 is 5.97 Å². The molecule has 2 bridgehead atoms. The molecule has 15 heavy (non-hydrogen) atoms. The van der Waals surface area contributed by atoms with Gasteiger partial charge in [0, 0.05) is 11.8 Å². The number of fused-ring (bicyclic) bond motifs is 3. The zero-order valence-corrected chi connectivity index (χ0v) is 8.99. The number of ether oxygens (including phenoxy) is 3. The quantitative estimate of drug-likeness (QED) is 0.757. The van der Waals surface area contributed by atoms with E-state index in [1.807, 2.05) is 6.92 Å². The van der Waals surface area contributed by atoms with E-state index in [4.69, 9.17) is 19.3 Å². The van der Waals surface area contributed by atoms with Gasteiger partial charge in [-0.25, -0.2) is 0 Å². The molecule has 0 aromatic rings. The fourth-order valence-corrected chi connectivity index (χ4v) is 1.74. The summed E-state index contributed by atoms with van der Waals surface area (Å²) < 4.78 is 16.4. The molecule has 5 heteroatoms. The Balaban J connectivity index is 2.00. The number of aliphatic carboxylic acids is 1. The molecule has 3 fully saturated rings. The third-order valence-electron chi connectivity index (χ3n) is 2.90. The van der Waals surface area contributed by atoms with Gasteiger partial charge in [-0.3, -0.25) is 4.79 Å². The molecule has 3 rings (SSSR count). The molecular weight excluding hydrogens is 200 g/mol. The van der Waals surface area contributed by atoms with E-state index in [1.54, 1.807) is 6.92 Å². The van der Waals surface area contributed by atoms with Gasteiger partial charge in [-0.05, 0) is 0 Å². The van der Waals surface area contributed by atoms with Crippen LogP contribution >= 0.6 is 0 Å². The lowest BCUT2D eigenvalue weighted by atomic mass is 9.91. The highest BCUT2D eigenvalue weighted by Gasteiger charge is 2.51. The van der Waals surface area contributed by atoms with Crippen LogP contribution in [0.1, 0.15) is 20.3 Å². The molecule has 3 aliphatic heterocycles. The van der Waals surface area contributed by atoms with Gasteiger partial charge < -0.3 is 19.3 Å². The summed E-state index contributed by atoms with van der Waals surface area (Å²) in [5, 5.41) is 8.82. The summed E-state index contributed by atoms with van der Waals surface area (Å²) in [6.45, 7) is 5.35. The third kappa shape index (κ3) is 2.00. The summed E-state index contributed by atoms with van der Waals surface area (Å²) in [6, 6.07) is 0. The highest BCUT2D eigenvalue weighted by atomic mass is 16.9. The van der Waals surface area contributed by atoms with Crippen molar-refractivity contribution in [3.8, 4) is 0 Å². The lowest BCUT2D eigenvalue weighted by Crippen LogP contribution is -2.59. The van der Waals surface area contributed by atoms with Crippen molar-refractivity contribution in [2.24, 2.45) is 11.3 Å². The molecule has 3 heterocycles. The van der Waals surface area contributed by atoms with Crippen molar-refractivity contribution in [3.05, 3.63) is 0 Å². The monoisotopic (exact) mass is 216 g/mol. The summed E-state index contributed by atoms with van der Waals surface area (Å²) in [5.74, 6) is -2.51. The van der Waals surface area contributed by atoms with Crippen molar-refractivity contribution < 1.29 is 24.1 Å². The fraction of sp³-hybridized carbons (Fsp3) is 0.900. The normalized spacial score (nSPS) is 41.5. The van der Waals surface area contributed by atoms with E-state index in [-0.39, 0.29) is 11.8 Å². The minimum atomic E-state index is -1.12. The Kier molecular flexibility index (Phi) is 2.48. The maximum Gasteiger partial charge on any atom is 0.306 e. The first-order valence-electron chi connectivity index (χ1n) is 5.09. The Bertz CT molecular complexity index is 250. The van der Waals surface area contributed by atoms with E-state index in [9.17, 15) is 4.79 Å². The molecule has 1 unspecified atom stereocenters. The van der Waals surface area contributed by atoms with Crippen molar-refractivity contribution in [1.82, 2.24) is 0 Å². The molecule has 0 aromatic carbocycles. The highest BCUT2D eigenvalue weighted by molar-refractivity contribution is 5.69.